The van der Waals surface area contributed by atoms with Crippen LogP contribution in [-0.4, -0.2) is 15.2 Å². The molecule has 21 heavy (non-hydrogen) atoms. The minimum absolute atomic E-state index is 0.159. The first-order chi connectivity index (χ1) is 10.3. The number of nitrogens with zero attached hydrogens (tertiary/aromatic N) is 2. The Labute approximate surface area is 130 Å². The maximum absolute atomic E-state index is 4.33. The molecular formula is C17H21N3S. The molecule has 1 heterocycles. The molecule has 0 aliphatic heterocycles. The molecule has 1 N–H and O–H groups in total. The second-order valence-electron chi connectivity index (χ2n) is 5.54. The molecule has 2 aromatic rings. The van der Waals surface area contributed by atoms with Crippen molar-refractivity contribution >= 4 is 17.4 Å². The number of benzene rings is 1. The smallest absolute Gasteiger partial charge is 0.0806 e. The van der Waals surface area contributed by atoms with Crippen LogP contribution in [0, 0.1) is 0 Å². The van der Waals surface area contributed by atoms with E-state index < -0.39 is 0 Å². The van der Waals surface area contributed by atoms with Gasteiger partial charge in [-0.2, -0.15) is 0 Å². The van der Waals surface area contributed by atoms with Crippen molar-refractivity contribution in [3.63, 3.8) is 0 Å². The van der Waals surface area contributed by atoms with Gasteiger partial charge in [-0.05, 0) is 44.0 Å². The Morgan fingerprint density at radius 2 is 1.90 bits per heavy atom. The highest BCUT2D eigenvalue weighted by Crippen LogP contribution is 2.35. The van der Waals surface area contributed by atoms with Crippen molar-refractivity contribution in [1.82, 2.24) is 9.97 Å². The van der Waals surface area contributed by atoms with Crippen molar-refractivity contribution in [3.8, 4) is 0 Å². The number of anilines is 1. The summed E-state index contributed by atoms with van der Waals surface area (Å²) in [6.07, 6.45) is 10.8. The van der Waals surface area contributed by atoms with Gasteiger partial charge in [-0.1, -0.05) is 12.8 Å². The van der Waals surface area contributed by atoms with Gasteiger partial charge < -0.3 is 5.32 Å². The second-order valence-corrected chi connectivity index (χ2v) is 6.92. The van der Waals surface area contributed by atoms with Crippen LogP contribution in [0.1, 0.15) is 44.3 Å². The molecule has 4 heteroatoms. The fraction of sp³-hybridized carbons (Fsp3) is 0.412. The molecule has 1 aliphatic rings. The van der Waals surface area contributed by atoms with E-state index in [1.807, 2.05) is 18.0 Å². The third-order valence-corrected chi connectivity index (χ3v) is 5.22. The second kappa shape index (κ2) is 6.94. The molecule has 110 valence electrons. The van der Waals surface area contributed by atoms with Crippen molar-refractivity contribution in [1.29, 1.82) is 0 Å². The molecular weight excluding hydrogens is 278 g/mol. The minimum Gasteiger partial charge on any atom is -0.377 e. The number of aromatic nitrogens is 2. The zero-order valence-corrected chi connectivity index (χ0v) is 13.1. The lowest BCUT2D eigenvalue weighted by molar-refractivity contribution is 0.827. The SMILES string of the molecule is CC(Nc1ccc(SC2CCCC2)cc1)c1cnccn1. The third-order valence-electron chi connectivity index (χ3n) is 3.87. The molecule has 0 bridgehead atoms. The van der Waals surface area contributed by atoms with E-state index in [4.69, 9.17) is 0 Å². The number of hydrogen-bond acceptors (Lipinski definition) is 4. The third kappa shape index (κ3) is 3.97. The van der Waals surface area contributed by atoms with Gasteiger partial charge in [0.05, 0.1) is 17.9 Å². The summed E-state index contributed by atoms with van der Waals surface area (Å²) in [6, 6.07) is 8.91. The van der Waals surface area contributed by atoms with Gasteiger partial charge in [-0.3, -0.25) is 9.97 Å². The topological polar surface area (TPSA) is 37.8 Å². The monoisotopic (exact) mass is 299 g/mol. The lowest BCUT2D eigenvalue weighted by Crippen LogP contribution is -2.08. The fourth-order valence-corrected chi connectivity index (χ4v) is 3.93. The van der Waals surface area contributed by atoms with Gasteiger partial charge in [-0.25, -0.2) is 0 Å². The van der Waals surface area contributed by atoms with Crippen LogP contribution >= 0.6 is 11.8 Å². The van der Waals surface area contributed by atoms with Crippen LogP contribution in [0.4, 0.5) is 5.69 Å². The average Bonchev–Trinajstić information content (AvgIpc) is 3.03. The van der Waals surface area contributed by atoms with Crippen molar-refractivity contribution < 1.29 is 0 Å². The first kappa shape index (κ1) is 14.4. The molecule has 0 radical (unpaired) electrons. The van der Waals surface area contributed by atoms with Crippen LogP contribution in [-0.2, 0) is 0 Å². The summed E-state index contributed by atoms with van der Waals surface area (Å²) in [5, 5.41) is 4.29. The molecule has 1 fully saturated rings. The van der Waals surface area contributed by atoms with Crippen LogP contribution in [0.25, 0.3) is 0 Å². The normalized spacial score (nSPS) is 16.8. The lowest BCUT2D eigenvalue weighted by Gasteiger charge is -2.15. The van der Waals surface area contributed by atoms with Crippen LogP contribution in [0.2, 0.25) is 0 Å². The Morgan fingerprint density at radius 1 is 1.14 bits per heavy atom. The summed E-state index contributed by atoms with van der Waals surface area (Å²) in [5.74, 6) is 0. The Morgan fingerprint density at radius 3 is 2.57 bits per heavy atom. The molecule has 1 saturated carbocycles. The molecule has 1 unspecified atom stereocenters. The molecule has 0 saturated heterocycles. The van der Waals surface area contributed by atoms with Crippen molar-refractivity contribution in [2.75, 3.05) is 5.32 Å². The van der Waals surface area contributed by atoms with Crippen LogP contribution < -0.4 is 5.32 Å². The Kier molecular flexibility index (Phi) is 4.76. The van der Waals surface area contributed by atoms with E-state index in [1.165, 1.54) is 30.6 Å². The zero-order chi connectivity index (χ0) is 14.5. The predicted molar refractivity (Wildman–Crippen MR) is 88.6 cm³/mol. The minimum atomic E-state index is 0.159. The van der Waals surface area contributed by atoms with Gasteiger partial charge in [0.2, 0.25) is 0 Å². The van der Waals surface area contributed by atoms with E-state index in [-0.39, 0.29) is 6.04 Å². The number of thioether (sulfide) groups is 1. The van der Waals surface area contributed by atoms with Gasteiger partial charge >= 0.3 is 0 Å². The van der Waals surface area contributed by atoms with E-state index in [2.05, 4.69) is 46.5 Å². The van der Waals surface area contributed by atoms with Gasteiger partial charge in [-0.15, -0.1) is 11.8 Å². The zero-order valence-electron chi connectivity index (χ0n) is 12.3. The standard InChI is InChI=1S/C17H21N3S/c1-13(17-12-18-10-11-19-17)20-14-6-8-16(9-7-14)21-15-4-2-3-5-15/h6-13,15,20H,2-5H2,1H3. The molecule has 1 aromatic heterocycles. The van der Waals surface area contributed by atoms with E-state index in [0.717, 1.165) is 16.6 Å². The Hall–Kier alpha value is -1.55. The quantitative estimate of drug-likeness (QED) is 0.869. The highest BCUT2D eigenvalue weighted by molar-refractivity contribution is 8.00. The number of rotatable bonds is 5. The number of hydrogen-bond donors (Lipinski definition) is 1. The predicted octanol–water partition coefficient (Wildman–Crippen LogP) is 4.68. The highest BCUT2D eigenvalue weighted by atomic mass is 32.2. The average molecular weight is 299 g/mol. The fourth-order valence-electron chi connectivity index (χ4n) is 2.69. The first-order valence-corrected chi connectivity index (χ1v) is 8.48. The molecule has 1 aliphatic carbocycles. The summed E-state index contributed by atoms with van der Waals surface area (Å²) >= 11 is 2.03. The van der Waals surface area contributed by atoms with E-state index >= 15 is 0 Å². The Bertz CT molecular complexity index is 550. The number of nitrogens with one attached hydrogen (secondary N) is 1. The Balaban J connectivity index is 1.59. The van der Waals surface area contributed by atoms with E-state index in [1.54, 1.807) is 12.4 Å². The summed E-state index contributed by atoms with van der Waals surface area (Å²) in [4.78, 5) is 9.82. The van der Waals surface area contributed by atoms with Crippen LogP contribution in [0.15, 0.2) is 47.8 Å². The molecule has 0 spiro atoms. The summed E-state index contributed by atoms with van der Waals surface area (Å²) < 4.78 is 0. The first-order valence-electron chi connectivity index (χ1n) is 7.60. The van der Waals surface area contributed by atoms with Crippen LogP contribution in [0.3, 0.4) is 0 Å². The largest absolute Gasteiger partial charge is 0.377 e. The maximum Gasteiger partial charge on any atom is 0.0806 e. The molecule has 3 nitrogen and oxygen atoms in total. The van der Waals surface area contributed by atoms with Gasteiger partial charge in [0.15, 0.2) is 0 Å². The van der Waals surface area contributed by atoms with Crippen molar-refractivity contribution in [2.45, 2.75) is 48.8 Å². The van der Waals surface area contributed by atoms with Gasteiger partial charge in [0, 0.05) is 28.2 Å². The van der Waals surface area contributed by atoms with E-state index in [9.17, 15) is 0 Å². The van der Waals surface area contributed by atoms with Gasteiger partial charge in [0.25, 0.3) is 0 Å². The van der Waals surface area contributed by atoms with Gasteiger partial charge in [0.1, 0.15) is 0 Å². The highest BCUT2D eigenvalue weighted by Gasteiger charge is 2.16. The van der Waals surface area contributed by atoms with E-state index in [0.29, 0.717) is 0 Å². The molecule has 1 aromatic carbocycles. The van der Waals surface area contributed by atoms with Crippen molar-refractivity contribution in [2.24, 2.45) is 0 Å². The molecule has 1 atom stereocenters. The lowest BCUT2D eigenvalue weighted by atomic mass is 10.2. The summed E-state index contributed by atoms with van der Waals surface area (Å²) in [5.41, 5.74) is 2.09. The molecule has 3 rings (SSSR count). The maximum atomic E-state index is 4.33. The molecule has 0 amide bonds. The summed E-state index contributed by atoms with van der Waals surface area (Å²) in [7, 11) is 0. The summed E-state index contributed by atoms with van der Waals surface area (Å²) in [6.45, 7) is 2.10. The van der Waals surface area contributed by atoms with Crippen LogP contribution in [0.5, 0.6) is 0 Å². The van der Waals surface area contributed by atoms with Crippen molar-refractivity contribution in [3.05, 3.63) is 48.5 Å².